The number of hydrogen-bond acceptors (Lipinski definition) is 2. The summed E-state index contributed by atoms with van der Waals surface area (Å²) >= 11 is 0. The summed E-state index contributed by atoms with van der Waals surface area (Å²) in [6.07, 6.45) is 14.1. The summed E-state index contributed by atoms with van der Waals surface area (Å²) in [6.45, 7) is 4.42. The smallest absolute Gasteiger partial charge is 0.248 e. The van der Waals surface area contributed by atoms with Gasteiger partial charge in [-0.25, -0.2) is 5.06 Å². The Labute approximate surface area is 125 Å². The predicted octanol–water partition coefficient (Wildman–Crippen LogP) is 5.17. The minimum Gasteiger partial charge on any atom is -0.286 e. The van der Waals surface area contributed by atoms with Crippen LogP contribution in [0.2, 0.25) is 0 Å². The minimum absolute atomic E-state index is 0.0213. The molecule has 0 aliphatic rings. The summed E-state index contributed by atoms with van der Waals surface area (Å²) < 4.78 is 0. The van der Waals surface area contributed by atoms with Crippen molar-refractivity contribution in [2.24, 2.45) is 5.92 Å². The van der Waals surface area contributed by atoms with Gasteiger partial charge in [-0.1, -0.05) is 78.1 Å². The van der Waals surface area contributed by atoms with Gasteiger partial charge in [-0.3, -0.25) is 10.0 Å². The van der Waals surface area contributed by atoms with Crippen LogP contribution in [0, 0.1) is 5.92 Å². The number of rotatable bonds is 13. The van der Waals surface area contributed by atoms with Crippen molar-refractivity contribution in [3.05, 3.63) is 0 Å². The molecule has 0 aromatic heterocycles. The van der Waals surface area contributed by atoms with Crippen LogP contribution in [0.1, 0.15) is 90.9 Å². The molecule has 0 bridgehead atoms. The summed E-state index contributed by atoms with van der Waals surface area (Å²) in [5.41, 5.74) is 0. The second-order valence-corrected chi connectivity index (χ2v) is 5.96. The van der Waals surface area contributed by atoms with E-state index in [0.717, 1.165) is 30.7 Å². The third-order valence-corrected chi connectivity index (χ3v) is 3.98. The van der Waals surface area contributed by atoms with Gasteiger partial charge in [0.05, 0.1) is 0 Å². The molecule has 0 saturated heterocycles. The van der Waals surface area contributed by atoms with E-state index in [4.69, 9.17) is 0 Å². The fourth-order valence-corrected chi connectivity index (χ4v) is 2.64. The summed E-state index contributed by atoms with van der Waals surface area (Å²) in [6, 6.07) is 0. The third kappa shape index (κ3) is 10.2. The first-order valence-corrected chi connectivity index (χ1v) is 8.59. The van der Waals surface area contributed by atoms with E-state index in [1.54, 1.807) is 0 Å². The van der Waals surface area contributed by atoms with E-state index in [-0.39, 0.29) is 11.8 Å². The van der Waals surface area contributed by atoms with Gasteiger partial charge < -0.3 is 0 Å². The Balaban J connectivity index is 3.89. The van der Waals surface area contributed by atoms with Gasteiger partial charge in [0.15, 0.2) is 0 Å². The fourth-order valence-electron chi connectivity index (χ4n) is 2.64. The van der Waals surface area contributed by atoms with Crippen molar-refractivity contribution in [1.82, 2.24) is 5.06 Å². The van der Waals surface area contributed by atoms with Crippen LogP contribution in [-0.4, -0.2) is 23.2 Å². The number of hydroxylamine groups is 2. The van der Waals surface area contributed by atoms with E-state index in [1.807, 2.05) is 0 Å². The van der Waals surface area contributed by atoms with Crippen molar-refractivity contribution in [1.29, 1.82) is 0 Å². The van der Waals surface area contributed by atoms with Crippen LogP contribution >= 0.6 is 0 Å². The standard InChI is InChI=1S/C17H35NO2/c1-4-6-8-10-11-13-15-16(17(19)18(3)20)14-12-9-7-5-2/h16,20H,4-15H2,1-3H3. The van der Waals surface area contributed by atoms with Crippen LogP contribution < -0.4 is 0 Å². The summed E-state index contributed by atoms with van der Waals surface area (Å²) in [5.74, 6) is -0.0805. The molecule has 1 unspecified atom stereocenters. The van der Waals surface area contributed by atoms with Gasteiger partial charge in [0, 0.05) is 13.0 Å². The minimum atomic E-state index is -0.102. The molecule has 0 heterocycles. The van der Waals surface area contributed by atoms with Crippen LogP contribution in [0.15, 0.2) is 0 Å². The van der Waals surface area contributed by atoms with Crippen molar-refractivity contribution in [2.45, 2.75) is 90.9 Å². The Morgan fingerprint density at radius 3 is 1.70 bits per heavy atom. The first-order chi connectivity index (χ1) is 9.63. The molecule has 0 aromatic carbocycles. The van der Waals surface area contributed by atoms with E-state index < -0.39 is 0 Å². The Morgan fingerprint density at radius 2 is 1.25 bits per heavy atom. The van der Waals surface area contributed by atoms with Gasteiger partial charge in [-0.05, 0) is 12.8 Å². The largest absolute Gasteiger partial charge is 0.286 e. The Bertz CT molecular complexity index is 229. The summed E-state index contributed by atoms with van der Waals surface area (Å²) in [4.78, 5) is 11.9. The van der Waals surface area contributed by atoms with Crippen LogP contribution in [0.3, 0.4) is 0 Å². The Hall–Kier alpha value is -0.570. The molecule has 3 nitrogen and oxygen atoms in total. The van der Waals surface area contributed by atoms with Crippen molar-refractivity contribution < 1.29 is 10.0 Å². The molecular formula is C17H35NO2. The zero-order chi connectivity index (χ0) is 15.2. The number of unbranched alkanes of at least 4 members (excludes halogenated alkanes) is 8. The van der Waals surface area contributed by atoms with E-state index in [2.05, 4.69) is 13.8 Å². The average Bonchev–Trinajstić information content (AvgIpc) is 2.44. The molecule has 0 radical (unpaired) electrons. The Kier molecular flexibility index (Phi) is 13.0. The first kappa shape index (κ1) is 19.4. The molecular weight excluding hydrogens is 250 g/mol. The molecule has 0 aliphatic carbocycles. The summed E-state index contributed by atoms with van der Waals surface area (Å²) in [5, 5.41) is 10.1. The lowest BCUT2D eigenvalue weighted by Crippen LogP contribution is -2.30. The molecule has 1 amide bonds. The molecule has 20 heavy (non-hydrogen) atoms. The van der Waals surface area contributed by atoms with Crippen LogP contribution in [0.25, 0.3) is 0 Å². The van der Waals surface area contributed by atoms with Crippen molar-refractivity contribution >= 4 is 5.91 Å². The lowest BCUT2D eigenvalue weighted by atomic mass is 9.93. The first-order valence-electron chi connectivity index (χ1n) is 8.59. The van der Waals surface area contributed by atoms with Gasteiger partial charge in [-0.2, -0.15) is 0 Å². The molecule has 0 fully saturated rings. The zero-order valence-corrected chi connectivity index (χ0v) is 13.9. The predicted molar refractivity (Wildman–Crippen MR) is 84.8 cm³/mol. The maximum atomic E-state index is 11.9. The molecule has 3 heteroatoms. The highest BCUT2D eigenvalue weighted by molar-refractivity contribution is 5.77. The molecule has 0 spiro atoms. The average molecular weight is 285 g/mol. The molecule has 120 valence electrons. The van der Waals surface area contributed by atoms with Crippen LogP contribution in [0.5, 0.6) is 0 Å². The van der Waals surface area contributed by atoms with E-state index in [9.17, 15) is 10.0 Å². The highest BCUT2D eigenvalue weighted by atomic mass is 16.5. The quantitative estimate of drug-likeness (QED) is 0.288. The fraction of sp³-hybridized carbons (Fsp3) is 0.941. The molecule has 1 N–H and O–H groups in total. The van der Waals surface area contributed by atoms with Crippen LogP contribution in [-0.2, 0) is 4.79 Å². The molecule has 0 aromatic rings. The molecule has 0 rings (SSSR count). The van der Waals surface area contributed by atoms with Gasteiger partial charge in [0.2, 0.25) is 5.91 Å². The van der Waals surface area contributed by atoms with E-state index in [1.165, 1.54) is 58.4 Å². The highest BCUT2D eigenvalue weighted by Crippen LogP contribution is 2.20. The molecule has 0 saturated carbocycles. The van der Waals surface area contributed by atoms with Crippen molar-refractivity contribution in [3.63, 3.8) is 0 Å². The van der Waals surface area contributed by atoms with Gasteiger partial charge >= 0.3 is 0 Å². The van der Waals surface area contributed by atoms with Gasteiger partial charge in [0.1, 0.15) is 0 Å². The number of carbonyl (C=O) groups is 1. The van der Waals surface area contributed by atoms with Crippen molar-refractivity contribution in [3.8, 4) is 0 Å². The highest BCUT2D eigenvalue weighted by Gasteiger charge is 2.20. The van der Waals surface area contributed by atoms with E-state index in [0.29, 0.717) is 0 Å². The number of nitrogens with zero attached hydrogens (tertiary/aromatic N) is 1. The van der Waals surface area contributed by atoms with Gasteiger partial charge in [0.25, 0.3) is 0 Å². The van der Waals surface area contributed by atoms with Crippen molar-refractivity contribution in [2.75, 3.05) is 7.05 Å². The third-order valence-electron chi connectivity index (χ3n) is 3.98. The lowest BCUT2D eigenvalue weighted by molar-refractivity contribution is -0.164. The second-order valence-electron chi connectivity index (χ2n) is 5.96. The Morgan fingerprint density at radius 1 is 0.850 bits per heavy atom. The lowest BCUT2D eigenvalue weighted by Gasteiger charge is -2.19. The number of amides is 1. The topological polar surface area (TPSA) is 40.5 Å². The van der Waals surface area contributed by atoms with Gasteiger partial charge in [-0.15, -0.1) is 0 Å². The second kappa shape index (κ2) is 13.4. The normalized spacial score (nSPS) is 12.4. The van der Waals surface area contributed by atoms with Crippen LogP contribution in [0.4, 0.5) is 0 Å². The maximum absolute atomic E-state index is 11.9. The molecule has 0 aliphatic heterocycles. The summed E-state index contributed by atoms with van der Waals surface area (Å²) in [7, 11) is 1.45. The van der Waals surface area contributed by atoms with E-state index >= 15 is 0 Å². The maximum Gasteiger partial charge on any atom is 0.248 e. The molecule has 1 atom stereocenters. The monoisotopic (exact) mass is 285 g/mol. The zero-order valence-electron chi connectivity index (χ0n) is 13.9. The number of hydrogen-bond donors (Lipinski definition) is 1. The SMILES string of the molecule is CCCCCCCCC(CCCCCC)C(=O)N(C)O. The number of carbonyl (C=O) groups excluding carboxylic acids is 1.